The van der Waals surface area contributed by atoms with Crippen LogP contribution in [0.3, 0.4) is 0 Å². The second kappa shape index (κ2) is 7.42. The van der Waals surface area contributed by atoms with Crippen molar-refractivity contribution in [2.24, 2.45) is 0 Å². The Bertz CT molecular complexity index is 1040. The van der Waals surface area contributed by atoms with E-state index in [-0.39, 0.29) is 11.8 Å². The first kappa shape index (κ1) is 18.2. The molecule has 1 aromatic carbocycles. The molecule has 3 heterocycles. The van der Waals surface area contributed by atoms with Crippen molar-refractivity contribution in [3.8, 4) is 0 Å². The number of hydrogen-bond donors (Lipinski definition) is 0. The lowest BCUT2D eigenvalue weighted by molar-refractivity contribution is 0.0714. The number of pyridine rings is 1. The first-order valence-electron chi connectivity index (χ1n) is 9.40. The highest BCUT2D eigenvalue weighted by atomic mass is 16.5. The summed E-state index contributed by atoms with van der Waals surface area (Å²) < 4.78 is 5.01. The summed E-state index contributed by atoms with van der Waals surface area (Å²) in [5, 5.41) is 4.68. The molecular formula is C21H22N4O3. The summed E-state index contributed by atoms with van der Waals surface area (Å²) in [4.78, 5) is 33.7. The lowest BCUT2D eigenvalue weighted by Gasteiger charge is -2.22. The molecule has 1 saturated heterocycles. The normalized spacial score (nSPS) is 14.9. The van der Waals surface area contributed by atoms with Crippen molar-refractivity contribution in [2.75, 3.05) is 26.2 Å². The summed E-state index contributed by atoms with van der Waals surface area (Å²) in [5.74, 6) is 0.426. The van der Waals surface area contributed by atoms with Gasteiger partial charge in [0.1, 0.15) is 5.76 Å². The van der Waals surface area contributed by atoms with Crippen LogP contribution in [-0.2, 0) is 0 Å². The Kier molecular flexibility index (Phi) is 4.81. The zero-order valence-corrected chi connectivity index (χ0v) is 16.0. The van der Waals surface area contributed by atoms with Gasteiger partial charge >= 0.3 is 0 Å². The van der Waals surface area contributed by atoms with Crippen molar-refractivity contribution in [3.63, 3.8) is 0 Å². The number of carbonyl (C=O) groups excluding carboxylic acids is 2. The molecule has 0 unspecified atom stereocenters. The Balaban J connectivity index is 1.52. The van der Waals surface area contributed by atoms with Gasteiger partial charge in [-0.25, -0.2) is 0 Å². The predicted octanol–water partition coefficient (Wildman–Crippen LogP) is 2.83. The van der Waals surface area contributed by atoms with E-state index in [1.165, 1.54) is 0 Å². The maximum atomic E-state index is 13.2. The van der Waals surface area contributed by atoms with Crippen LogP contribution < -0.4 is 0 Å². The van der Waals surface area contributed by atoms with E-state index in [9.17, 15) is 9.59 Å². The summed E-state index contributed by atoms with van der Waals surface area (Å²) in [7, 11) is 0. The zero-order valence-electron chi connectivity index (χ0n) is 16.0. The van der Waals surface area contributed by atoms with Crippen molar-refractivity contribution in [3.05, 3.63) is 59.1 Å². The van der Waals surface area contributed by atoms with Crippen LogP contribution in [0.15, 0.2) is 41.1 Å². The number of carbonyl (C=O) groups is 2. The number of hydrogen-bond acceptors (Lipinski definition) is 5. The van der Waals surface area contributed by atoms with Crippen LogP contribution in [0.1, 0.15) is 38.6 Å². The van der Waals surface area contributed by atoms with E-state index < -0.39 is 0 Å². The summed E-state index contributed by atoms with van der Waals surface area (Å²) in [5.41, 5.74) is 2.86. The Morgan fingerprint density at radius 2 is 1.71 bits per heavy atom. The molecule has 28 heavy (non-hydrogen) atoms. The third kappa shape index (κ3) is 3.47. The first-order chi connectivity index (χ1) is 13.5. The van der Waals surface area contributed by atoms with Gasteiger partial charge in [0, 0.05) is 43.8 Å². The fraction of sp³-hybridized carbons (Fsp3) is 0.333. The molecule has 3 aromatic rings. The molecule has 7 heteroatoms. The van der Waals surface area contributed by atoms with Crippen LogP contribution in [0.4, 0.5) is 0 Å². The molecular weight excluding hydrogens is 356 g/mol. The molecule has 0 saturated carbocycles. The van der Waals surface area contributed by atoms with Gasteiger partial charge in [-0.05, 0) is 38.5 Å². The molecule has 4 rings (SSSR count). The maximum absolute atomic E-state index is 13.2. The molecule has 0 radical (unpaired) electrons. The van der Waals surface area contributed by atoms with Crippen molar-refractivity contribution in [1.82, 2.24) is 19.9 Å². The van der Waals surface area contributed by atoms with Gasteiger partial charge in [-0.15, -0.1) is 0 Å². The summed E-state index contributed by atoms with van der Waals surface area (Å²) in [6.45, 7) is 5.91. The van der Waals surface area contributed by atoms with E-state index in [1.54, 1.807) is 30.2 Å². The number of fused-ring (bicyclic) bond motifs is 1. The second-order valence-electron chi connectivity index (χ2n) is 7.14. The molecule has 144 valence electrons. The number of benzene rings is 1. The van der Waals surface area contributed by atoms with Crippen LogP contribution in [0, 0.1) is 13.8 Å². The summed E-state index contributed by atoms with van der Waals surface area (Å²) in [6.07, 6.45) is 2.39. The van der Waals surface area contributed by atoms with Crippen LogP contribution >= 0.6 is 0 Å². The minimum absolute atomic E-state index is 0.0235. The Labute approximate surface area is 162 Å². The third-order valence-electron chi connectivity index (χ3n) is 5.04. The standard InChI is InChI=1S/C21H22N4O3/c1-14-4-5-18-17(12-14)16(6-7-22-18)20(26)24-8-3-9-25(11-10-24)21(27)19-13-15(2)28-23-19/h4-7,12-13H,3,8-11H2,1-2H3. The van der Waals surface area contributed by atoms with E-state index in [2.05, 4.69) is 10.1 Å². The first-order valence-corrected chi connectivity index (χ1v) is 9.40. The molecule has 0 N–H and O–H groups in total. The van der Waals surface area contributed by atoms with Gasteiger partial charge < -0.3 is 14.3 Å². The number of rotatable bonds is 2. The second-order valence-corrected chi connectivity index (χ2v) is 7.14. The van der Waals surface area contributed by atoms with E-state index in [0.717, 1.165) is 22.9 Å². The molecule has 2 aromatic heterocycles. The SMILES string of the molecule is Cc1ccc2nccc(C(=O)N3CCCN(C(=O)c4cc(C)on4)CC3)c2c1. The van der Waals surface area contributed by atoms with E-state index in [4.69, 9.17) is 4.52 Å². The smallest absolute Gasteiger partial charge is 0.276 e. The van der Waals surface area contributed by atoms with Crippen LogP contribution in [0.2, 0.25) is 0 Å². The van der Waals surface area contributed by atoms with Gasteiger partial charge in [-0.2, -0.15) is 0 Å². The van der Waals surface area contributed by atoms with Gasteiger partial charge in [-0.1, -0.05) is 16.8 Å². The molecule has 1 fully saturated rings. The largest absolute Gasteiger partial charge is 0.361 e. The average Bonchev–Trinajstić information content (AvgIpc) is 2.98. The Morgan fingerprint density at radius 3 is 2.43 bits per heavy atom. The highest BCUT2D eigenvalue weighted by Crippen LogP contribution is 2.21. The third-order valence-corrected chi connectivity index (χ3v) is 5.04. The minimum atomic E-state index is -0.156. The summed E-state index contributed by atoms with van der Waals surface area (Å²) in [6, 6.07) is 9.34. The van der Waals surface area contributed by atoms with Crippen molar-refractivity contribution < 1.29 is 14.1 Å². The van der Waals surface area contributed by atoms with E-state index in [0.29, 0.717) is 43.2 Å². The number of aromatic nitrogens is 2. The van der Waals surface area contributed by atoms with Crippen molar-refractivity contribution in [2.45, 2.75) is 20.3 Å². The molecule has 7 nitrogen and oxygen atoms in total. The molecule has 2 amide bonds. The quantitative estimate of drug-likeness (QED) is 0.685. The molecule has 1 aliphatic heterocycles. The lowest BCUT2D eigenvalue weighted by atomic mass is 10.1. The minimum Gasteiger partial charge on any atom is -0.361 e. The summed E-state index contributed by atoms with van der Waals surface area (Å²) >= 11 is 0. The monoisotopic (exact) mass is 378 g/mol. The van der Waals surface area contributed by atoms with Gasteiger partial charge in [0.15, 0.2) is 5.69 Å². The predicted molar refractivity (Wildman–Crippen MR) is 104 cm³/mol. The molecule has 0 aliphatic carbocycles. The topological polar surface area (TPSA) is 79.5 Å². The number of amides is 2. The molecule has 0 bridgehead atoms. The number of nitrogens with zero attached hydrogens (tertiary/aromatic N) is 4. The van der Waals surface area contributed by atoms with Crippen molar-refractivity contribution >= 4 is 22.7 Å². The highest BCUT2D eigenvalue weighted by molar-refractivity contribution is 6.06. The van der Waals surface area contributed by atoms with E-state index >= 15 is 0 Å². The molecule has 0 spiro atoms. The fourth-order valence-corrected chi connectivity index (χ4v) is 3.57. The lowest BCUT2D eigenvalue weighted by Crippen LogP contribution is -2.37. The van der Waals surface area contributed by atoms with Crippen LogP contribution in [-0.4, -0.2) is 57.9 Å². The van der Waals surface area contributed by atoms with Crippen molar-refractivity contribution in [1.29, 1.82) is 0 Å². The van der Waals surface area contributed by atoms with E-state index in [1.807, 2.05) is 30.0 Å². The Morgan fingerprint density at radius 1 is 0.964 bits per heavy atom. The van der Waals surface area contributed by atoms with Gasteiger partial charge in [0.05, 0.1) is 11.1 Å². The molecule has 0 atom stereocenters. The number of aryl methyl sites for hydroxylation is 2. The van der Waals surface area contributed by atoms with Gasteiger partial charge in [0.25, 0.3) is 11.8 Å². The highest BCUT2D eigenvalue weighted by Gasteiger charge is 2.25. The average molecular weight is 378 g/mol. The van der Waals surface area contributed by atoms with Gasteiger partial charge in [-0.3, -0.25) is 14.6 Å². The maximum Gasteiger partial charge on any atom is 0.276 e. The van der Waals surface area contributed by atoms with Crippen LogP contribution in [0.25, 0.3) is 10.9 Å². The van der Waals surface area contributed by atoms with Crippen LogP contribution in [0.5, 0.6) is 0 Å². The Hall–Kier alpha value is -3.22. The molecule has 1 aliphatic rings. The zero-order chi connectivity index (χ0) is 19.7. The fourth-order valence-electron chi connectivity index (χ4n) is 3.57. The van der Waals surface area contributed by atoms with Gasteiger partial charge in [0.2, 0.25) is 0 Å².